The smallest absolute Gasteiger partial charge is 0.413 e. The minimum absolute atomic E-state index is 0.176. The monoisotopic (exact) mass is 503 g/mol. The first kappa shape index (κ1) is 24.2. The highest BCUT2D eigenvalue weighted by Gasteiger charge is 2.54. The molecular formula is C28H23F2N3O4. The highest BCUT2D eigenvalue weighted by atomic mass is 19.1. The number of anilines is 1. The van der Waals surface area contributed by atoms with Crippen molar-refractivity contribution in [2.75, 3.05) is 5.32 Å². The van der Waals surface area contributed by atoms with Crippen LogP contribution in [0, 0.1) is 11.6 Å². The topological polar surface area (TPSA) is 93.5 Å². The fourth-order valence-electron chi connectivity index (χ4n) is 4.39. The van der Waals surface area contributed by atoms with Crippen molar-refractivity contribution in [2.45, 2.75) is 31.3 Å². The molecule has 9 heteroatoms. The molecule has 0 spiro atoms. The Labute approximate surface area is 211 Å². The van der Waals surface area contributed by atoms with Gasteiger partial charge in [0.25, 0.3) is 0 Å². The van der Waals surface area contributed by atoms with Crippen molar-refractivity contribution in [1.82, 2.24) is 9.78 Å². The molecule has 1 heterocycles. The van der Waals surface area contributed by atoms with Crippen molar-refractivity contribution in [3.8, 4) is 16.8 Å². The Morgan fingerprint density at radius 2 is 1.70 bits per heavy atom. The van der Waals surface area contributed by atoms with E-state index in [1.54, 1.807) is 43.3 Å². The van der Waals surface area contributed by atoms with Crippen LogP contribution in [0.15, 0.2) is 79.0 Å². The number of rotatable bonds is 7. The second-order valence-corrected chi connectivity index (χ2v) is 8.95. The van der Waals surface area contributed by atoms with E-state index in [1.807, 2.05) is 30.3 Å². The number of halogens is 2. The van der Waals surface area contributed by atoms with Crippen LogP contribution in [0.1, 0.15) is 37.0 Å². The summed E-state index contributed by atoms with van der Waals surface area (Å²) in [5.74, 6) is -2.64. The van der Waals surface area contributed by atoms with E-state index in [0.717, 1.165) is 11.8 Å². The molecule has 1 unspecified atom stereocenters. The lowest BCUT2D eigenvalue weighted by molar-refractivity contribution is -0.140. The largest absolute Gasteiger partial charge is 0.481 e. The van der Waals surface area contributed by atoms with Crippen molar-refractivity contribution < 1.29 is 28.2 Å². The standard InChI is InChI=1S/C28H23F2N3O4/c1-17(18-6-3-2-4-7-18)37-27(36)31-25-23(30)16-33(32-25)20-12-10-19(11-13-20)21-8-5-9-22(29)24(21)28(14-15-28)26(34)35/h2-13,16-17H,14-15H2,1H3,(H,34,35)(H,31,32,36). The van der Waals surface area contributed by atoms with E-state index in [-0.39, 0.29) is 11.4 Å². The third-order valence-corrected chi connectivity index (χ3v) is 6.54. The number of aromatic nitrogens is 2. The van der Waals surface area contributed by atoms with Crippen molar-refractivity contribution in [3.63, 3.8) is 0 Å². The van der Waals surface area contributed by atoms with Gasteiger partial charge in [-0.15, -0.1) is 5.10 Å². The van der Waals surface area contributed by atoms with E-state index < -0.39 is 35.2 Å². The predicted molar refractivity (Wildman–Crippen MR) is 132 cm³/mol. The summed E-state index contributed by atoms with van der Waals surface area (Å²) in [5, 5.41) is 16.1. The lowest BCUT2D eigenvalue weighted by Gasteiger charge is -2.17. The predicted octanol–water partition coefficient (Wildman–Crippen LogP) is 6.24. The summed E-state index contributed by atoms with van der Waals surface area (Å²) in [4.78, 5) is 24.1. The molecule has 1 amide bonds. The van der Waals surface area contributed by atoms with Gasteiger partial charge in [-0.3, -0.25) is 10.1 Å². The maximum atomic E-state index is 14.7. The fraction of sp³-hybridized carbons (Fsp3) is 0.179. The maximum absolute atomic E-state index is 14.7. The number of carbonyl (C=O) groups excluding carboxylic acids is 1. The number of carboxylic acid groups (broad SMARTS) is 1. The molecule has 1 aliphatic rings. The summed E-state index contributed by atoms with van der Waals surface area (Å²) in [6.07, 6.45) is 0.485. The van der Waals surface area contributed by atoms with Crippen LogP contribution in [-0.2, 0) is 14.9 Å². The van der Waals surface area contributed by atoms with Crippen LogP contribution < -0.4 is 5.32 Å². The maximum Gasteiger partial charge on any atom is 0.413 e. The molecule has 1 fully saturated rings. The molecule has 188 valence electrons. The highest BCUT2D eigenvalue weighted by Crippen LogP contribution is 2.52. The van der Waals surface area contributed by atoms with Crippen molar-refractivity contribution in [3.05, 3.63) is 102 Å². The van der Waals surface area contributed by atoms with Crippen molar-refractivity contribution >= 4 is 17.9 Å². The molecule has 1 aromatic heterocycles. The van der Waals surface area contributed by atoms with E-state index in [4.69, 9.17) is 4.74 Å². The Morgan fingerprint density at radius 3 is 2.35 bits per heavy atom. The Morgan fingerprint density at radius 1 is 1.00 bits per heavy atom. The Kier molecular flexibility index (Phi) is 6.20. The van der Waals surface area contributed by atoms with Crippen LogP contribution in [0.25, 0.3) is 16.8 Å². The summed E-state index contributed by atoms with van der Waals surface area (Å²) in [5.41, 5.74) is 1.36. The summed E-state index contributed by atoms with van der Waals surface area (Å²) in [7, 11) is 0. The first-order valence-electron chi connectivity index (χ1n) is 11.7. The number of carboxylic acids is 1. The van der Waals surface area contributed by atoms with Gasteiger partial charge in [-0.05, 0) is 54.7 Å². The zero-order valence-corrected chi connectivity index (χ0v) is 19.8. The molecule has 0 aliphatic heterocycles. The summed E-state index contributed by atoms with van der Waals surface area (Å²) in [6.45, 7) is 1.71. The zero-order valence-electron chi connectivity index (χ0n) is 19.8. The molecule has 4 aromatic rings. The van der Waals surface area contributed by atoms with Gasteiger partial charge in [-0.25, -0.2) is 18.3 Å². The van der Waals surface area contributed by atoms with Gasteiger partial charge in [0.2, 0.25) is 0 Å². The number of nitrogens with zero attached hydrogens (tertiary/aromatic N) is 2. The number of nitrogens with one attached hydrogen (secondary N) is 1. The summed E-state index contributed by atoms with van der Waals surface area (Å²) < 4.78 is 35.8. The van der Waals surface area contributed by atoms with Gasteiger partial charge in [0, 0.05) is 5.56 Å². The second-order valence-electron chi connectivity index (χ2n) is 8.95. The molecule has 3 aromatic carbocycles. The number of amides is 1. The lowest BCUT2D eigenvalue weighted by atomic mass is 9.87. The second kappa shape index (κ2) is 9.50. The van der Waals surface area contributed by atoms with Gasteiger partial charge in [0.15, 0.2) is 11.6 Å². The number of hydrogen-bond acceptors (Lipinski definition) is 4. The van der Waals surface area contributed by atoms with E-state index in [1.165, 1.54) is 10.7 Å². The quantitative estimate of drug-likeness (QED) is 0.311. The normalized spacial score (nSPS) is 14.6. The minimum atomic E-state index is -1.21. The van der Waals surface area contributed by atoms with Crippen LogP contribution in [-0.4, -0.2) is 26.9 Å². The summed E-state index contributed by atoms with van der Waals surface area (Å²) in [6, 6.07) is 20.3. The molecule has 5 rings (SSSR count). The molecule has 0 radical (unpaired) electrons. The SMILES string of the molecule is CC(OC(=O)Nc1nn(-c2ccc(-c3cccc(F)c3C3(C(=O)O)CC3)cc2)cc1F)c1ccccc1. The fourth-order valence-corrected chi connectivity index (χ4v) is 4.39. The van der Waals surface area contributed by atoms with E-state index in [2.05, 4.69) is 10.4 Å². The average molecular weight is 504 g/mol. The molecule has 1 aliphatic carbocycles. The zero-order chi connectivity index (χ0) is 26.2. The van der Waals surface area contributed by atoms with Gasteiger partial charge < -0.3 is 9.84 Å². The number of hydrogen-bond donors (Lipinski definition) is 2. The molecule has 2 N–H and O–H groups in total. The highest BCUT2D eigenvalue weighted by molar-refractivity contribution is 5.89. The third-order valence-electron chi connectivity index (χ3n) is 6.54. The molecule has 7 nitrogen and oxygen atoms in total. The van der Waals surface area contributed by atoms with Crippen LogP contribution >= 0.6 is 0 Å². The van der Waals surface area contributed by atoms with E-state index >= 15 is 0 Å². The molecule has 1 saturated carbocycles. The van der Waals surface area contributed by atoms with E-state index in [9.17, 15) is 23.5 Å². The van der Waals surface area contributed by atoms with E-state index in [0.29, 0.717) is 29.7 Å². The Hall–Kier alpha value is -4.53. The number of ether oxygens (including phenoxy) is 1. The van der Waals surface area contributed by atoms with Gasteiger partial charge in [0.1, 0.15) is 11.9 Å². The van der Waals surface area contributed by atoms with Gasteiger partial charge in [0.05, 0.1) is 17.3 Å². The van der Waals surface area contributed by atoms with Gasteiger partial charge >= 0.3 is 12.1 Å². The van der Waals surface area contributed by atoms with Crippen molar-refractivity contribution in [2.24, 2.45) is 0 Å². The average Bonchev–Trinajstić information content (AvgIpc) is 3.62. The van der Waals surface area contributed by atoms with Crippen LogP contribution in [0.5, 0.6) is 0 Å². The number of benzene rings is 3. The number of carbonyl (C=O) groups is 2. The van der Waals surface area contributed by atoms with Gasteiger partial charge in [-0.1, -0.05) is 54.6 Å². The number of aliphatic carboxylic acids is 1. The van der Waals surface area contributed by atoms with Gasteiger partial charge in [-0.2, -0.15) is 0 Å². The Bertz CT molecular complexity index is 1460. The molecule has 1 atom stereocenters. The minimum Gasteiger partial charge on any atom is -0.481 e. The summed E-state index contributed by atoms with van der Waals surface area (Å²) >= 11 is 0. The lowest BCUT2D eigenvalue weighted by Crippen LogP contribution is -2.22. The molecule has 37 heavy (non-hydrogen) atoms. The Balaban J connectivity index is 1.34. The molecular weight excluding hydrogens is 480 g/mol. The van der Waals surface area contributed by atoms with Crippen LogP contribution in [0.4, 0.5) is 19.4 Å². The van der Waals surface area contributed by atoms with Crippen LogP contribution in [0.3, 0.4) is 0 Å². The van der Waals surface area contributed by atoms with Crippen molar-refractivity contribution in [1.29, 1.82) is 0 Å². The van der Waals surface area contributed by atoms with Crippen LogP contribution in [0.2, 0.25) is 0 Å². The first-order valence-corrected chi connectivity index (χ1v) is 11.7. The third kappa shape index (κ3) is 4.67. The first-order chi connectivity index (χ1) is 17.8. The molecule has 0 bridgehead atoms. The molecule has 0 saturated heterocycles.